The summed E-state index contributed by atoms with van der Waals surface area (Å²) >= 11 is 6.86. The minimum absolute atomic E-state index is 0.0629. The van der Waals surface area contributed by atoms with E-state index in [9.17, 15) is 18.0 Å². The molecular formula is C18H19ClN2O4S2. The fourth-order valence-electron chi connectivity index (χ4n) is 3.02. The zero-order valence-corrected chi connectivity index (χ0v) is 17.0. The summed E-state index contributed by atoms with van der Waals surface area (Å²) in [7, 11) is -3.78. The zero-order chi connectivity index (χ0) is 19.6. The Bertz CT molecular complexity index is 954. The maximum absolute atomic E-state index is 12.9. The van der Waals surface area contributed by atoms with Crippen molar-refractivity contribution in [1.29, 1.82) is 0 Å². The summed E-state index contributed by atoms with van der Waals surface area (Å²) in [6, 6.07) is 8.74. The van der Waals surface area contributed by atoms with E-state index in [1.54, 1.807) is 24.3 Å². The van der Waals surface area contributed by atoms with Crippen LogP contribution >= 0.6 is 22.9 Å². The lowest BCUT2D eigenvalue weighted by Crippen LogP contribution is -2.49. The van der Waals surface area contributed by atoms with Crippen molar-refractivity contribution < 1.29 is 18.0 Å². The van der Waals surface area contributed by atoms with Crippen molar-refractivity contribution in [3.63, 3.8) is 0 Å². The molecule has 0 unspecified atom stereocenters. The molecule has 2 aromatic rings. The molecule has 144 valence electrons. The molecule has 1 N–H and O–H groups in total. The number of hydrogen-bond donors (Lipinski definition) is 1. The molecule has 1 fully saturated rings. The number of benzene rings is 1. The second-order valence-corrected chi connectivity index (χ2v) is 10.1. The molecule has 27 heavy (non-hydrogen) atoms. The van der Waals surface area contributed by atoms with E-state index >= 15 is 0 Å². The van der Waals surface area contributed by atoms with E-state index in [0.717, 1.165) is 17.8 Å². The Hall–Kier alpha value is -1.74. The molecule has 1 amide bonds. The number of piperidine rings is 1. The molecule has 6 nitrogen and oxygen atoms in total. The number of nitrogens with one attached hydrogen (secondary N) is 1. The van der Waals surface area contributed by atoms with E-state index in [1.165, 1.54) is 23.4 Å². The smallest absolute Gasteiger partial charge is 0.253 e. The lowest BCUT2D eigenvalue weighted by atomic mass is 10.0. The van der Waals surface area contributed by atoms with E-state index in [-0.39, 0.29) is 15.9 Å². The average molecular weight is 427 g/mol. The molecule has 9 heteroatoms. The Morgan fingerprint density at radius 1 is 1.15 bits per heavy atom. The maximum Gasteiger partial charge on any atom is 0.253 e. The highest BCUT2D eigenvalue weighted by molar-refractivity contribution is 7.91. The number of carbonyl (C=O) groups excluding carboxylic acids is 2. The van der Waals surface area contributed by atoms with Crippen molar-refractivity contribution in [2.75, 3.05) is 11.9 Å². The molecule has 1 aromatic carbocycles. The largest absolute Gasteiger partial charge is 0.325 e. The minimum atomic E-state index is -3.78. The van der Waals surface area contributed by atoms with Gasteiger partial charge in [-0.3, -0.25) is 9.59 Å². The van der Waals surface area contributed by atoms with Crippen LogP contribution in [-0.2, 0) is 14.8 Å². The SMILES string of the molecule is CC(=O)c1ccc(NC(=O)[C@@H]2CCCCN2S(=O)(=O)c2ccc(Cl)s2)cc1. The van der Waals surface area contributed by atoms with Gasteiger partial charge in [-0.15, -0.1) is 11.3 Å². The van der Waals surface area contributed by atoms with Crippen molar-refractivity contribution in [3.8, 4) is 0 Å². The van der Waals surface area contributed by atoms with Gasteiger partial charge in [0.1, 0.15) is 10.3 Å². The van der Waals surface area contributed by atoms with E-state index < -0.39 is 16.1 Å². The third kappa shape index (κ3) is 4.40. The number of sulfonamides is 1. The fourth-order valence-corrected chi connectivity index (χ4v) is 6.29. The number of rotatable bonds is 5. The minimum Gasteiger partial charge on any atom is -0.325 e. The molecule has 1 aliphatic heterocycles. The second kappa shape index (κ2) is 8.10. The third-order valence-corrected chi connectivity index (χ3v) is 8.03. The second-order valence-electron chi connectivity index (χ2n) is 6.31. The molecule has 2 heterocycles. The van der Waals surface area contributed by atoms with Gasteiger partial charge in [-0.1, -0.05) is 18.0 Å². The van der Waals surface area contributed by atoms with E-state index in [1.807, 2.05) is 0 Å². The number of hydrogen-bond acceptors (Lipinski definition) is 5. The summed E-state index contributed by atoms with van der Waals surface area (Å²) in [5.74, 6) is -0.441. The first-order chi connectivity index (χ1) is 12.8. The monoisotopic (exact) mass is 426 g/mol. The van der Waals surface area contributed by atoms with E-state index in [4.69, 9.17) is 11.6 Å². The van der Waals surface area contributed by atoms with Gasteiger partial charge in [0.05, 0.1) is 4.34 Å². The molecular weight excluding hydrogens is 408 g/mol. The predicted octanol–water partition coefficient (Wildman–Crippen LogP) is 3.79. The summed E-state index contributed by atoms with van der Waals surface area (Å²) in [5.41, 5.74) is 1.07. The van der Waals surface area contributed by atoms with Crippen LogP contribution in [0.3, 0.4) is 0 Å². The number of thiophene rings is 1. The van der Waals surface area contributed by atoms with E-state index in [2.05, 4.69) is 5.32 Å². The Morgan fingerprint density at radius 2 is 1.85 bits per heavy atom. The van der Waals surface area contributed by atoms with Crippen LogP contribution in [0.4, 0.5) is 5.69 Å². The molecule has 0 spiro atoms. The van der Waals surface area contributed by atoms with Gasteiger partial charge in [-0.25, -0.2) is 8.42 Å². The molecule has 0 aliphatic carbocycles. The number of ketones is 1. The molecule has 3 rings (SSSR count). The van der Waals surface area contributed by atoms with Gasteiger partial charge in [0.2, 0.25) is 5.91 Å². The number of anilines is 1. The zero-order valence-electron chi connectivity index (χ0n) is 14.6. The van der Waals surface area contributed by atoms with Crippen molar-refractivity contribution in [2.45, 2.75) is 36.4 Å². The molecule has 0 saturated carbocycles. The Morgan fingerprint density at radius 3 is 2.44 bits per heavy atom. The van der Waals surface area contributed by atoms with Crippen LogP contribution in [0.1, 0.15) is 36.5 Å². The first-order valence-corrected chi connectivity index (χ1v) is 11.1. The van der Waals surface area contributed by atoms with Gasteiger partial charge in [-0.05, 0) is 56.2 Å². The normalized spacial score (nSPS) is 18.2. The molecule has 1 atom stereocenters. The van der Waals surface area contributed by atoms with Crippen LogP contribution < -0.4 is 5.32 Å². The summed E-state index contributed by atoms with van der Waals surface area (Å²) < 4.78 is 27.7. The Labute approximate surface area is 167 Å². The first-order valence-electron chi connectivity index (χ1n) is 8.48. The lowest BCUT2D eigenvalue weighted by molar-refractivity contribution is -0.120. The highest BCUT2D eigenvalue weighted by atomic mass is 35.5. The highest BCUT2D eigenvalue weighted by Crippen LogP contribution is 2.32. The van der Waals surface area contributed by atoms with Crippen LogP contribution in [0.2, 0.25) is 4.34 Å². The van der Waals surface area contributed by atoms with E-state index in [0.29, 0.717) is 35.0 Å². The summed E-state index contributed by atoms with van der Waals surface area (Å²) in [6.45, 7) is 1.76. The average Bonchev–Trinajstić information content (AvgIpc) is 3.09. The topological polar surface area (TPSA) is 83.6 Å². The standard InChI is InChI=1S/C18H19ClN2O4S2/c1-12(22)13-5-7-14(8-6-13)20-18(23)15-4-2-3-11-21(15)27(24,25)17-10-9-16(19)26-17/h5-10,15H,2-4,11H2,1H3,(H,20,23)/t15-/m0/s1. The van der Waals surface area contributed by atoms with Crippen LogP contribution in [-0.4, -0.2) is 37.0 Å². The first kappa shape index (κ1) is 20.0. The number of carbonyl (C=O) groups is 2. The van der Waals surface area contributed by atoms with Crippen LogP contribution in [0, 0.1) is 0 Å². The van der Waals surface area contributed by atoms with Gasteiger partial charge >= 0.3 is 0 Å². The number of halogens is 1. The van der Waals surface area contributed by atoms with Crippen LogP contribution in [0.15, 0.2) is 40.6 Å². The summed E-state index contributed by atoms with van der Waals surface area (Å²) in [4.78, 5) is 24.1. The van der Waals surface area contributed by atoms with Crippen LogP contribution in [0.25, 0.3) is 0 Å². The molecule has 1 aliphatic rings. The molecule has 0 radical (unpaired) electrons. The quantitative estimate of drug-likeness (QED) is 0.737. The third-order valence-electron chi connectivity index (χ3n) is 4.43. The molecule has 0 bridgehead atoms. The van der Waals surface area contributed by atoms with Crippen molar-refractivity contribution in [2.24, 2.45) is 0 Å². The van der Waals surface area contributed by atoms with Crippen molar-refractivity contribution in [3.05, 3.63) is 46.3 Å². The summed E-state index contributed by atoms with van der Waals surface area (Å²) in [6.07, 6.45) is 1.93. The van der Waals surface area contributed by atoms with Gasteiger partial charge < -0.3 is 5.32 Å². The molecule has 1 saturated heterocycles. The molecule has 1 aromatic heterocycles. The maximum atomic E-state index is 12.9. The van der Waals surface area contributed by atoms with Gasteiger partial charge in [-0.2, -0.15) is 4.31 Å². The Kier molecular flexibility index (Phi) is 6.00. The van der Waals surface area contributed by atoms with Crippen molar-refractivity contribution in [1.82, 2.24) is 4.31 Å². The van der Waals surface area contributed by atoms with Gasteiger partial charge in [0.15, 0.2) is 5.78 Å². The predicted molar refractivity (Wildman–Crippen MR) is 106 cm³/mol. The van der Waals surface area contributed by atoms with Gasteiger partial charge in [0, 0.05) is 17.8 Å². The fraction of sp³-hybridized carbons (Fsp3) is 0.333. The number of amides is 1. The highest BCUT2D eigenvalue weighted by Gasteiger charge is 2.38. The number of Topliss-reactive ketones (excluding diaryl/α,β-unsaturated/α-hetero) is 1. The summed E-state index contributed by atoms with van der Waals surface area (Å²) in [5, 5.41) is 2.76. The Balaban J connectivity index is 1.80. The van der Waals surface area contributed by atoms with Crippen molar-refractivity contribution >= 4 is 50.3 Å². The van der Waals surface area contributed by atoms with Crippen LogP contribution in [0.5, 0.6) is 0 Å². The number of nitrogens with zero attached hydrogens (tertiary/aromatic N) is 1. The lowest BCUT2D eigenvalue weighted by Gasteiger charge is -2.33. The van der Waals surface area contributed by atoms with Gasteiger partial charge in [0.25, 0.3) is 10.0 Å².